The second-order valence-electron chi connectivity index (χ2n) is 8.63. The second-order valence-corrected chi connectivity index (χ2v) is 9.38. The Kier molecular flexibility index (Phi) is 7.17. The number of halogens is 2. The molecule has 1 aliphatic rings. The summed E-state index contributed by atoms with van der Waals surface area (Å²) in [5, 5.41) is 16.5. The van der Waals surface area contributed by atoms with Crippen LogP contribution in [0, 0.1) is 0 Å². The van der Waals surface area contributed by atoms with Crippen molar-refractivity contribution in [3.05, 3.63) is 81.4 Å². The van der Waals surface area contributed by atoms with Gasteiger partial charge in [0, 0.05) is 54.5 Å². The van der Waals surface area contributed by atoms with Crippen LogP contribution in [0.2, 0.25) is 10.0 Å². The smallest absolute Gasteiger partial charge is 0.291 e. The van der Waals surface area contributed by atoms with Gasteiger partial charge in [-0.15, -0.1) is 0 Å². The normalized spacial score (nSPS) is 12.8. The van der Waals surface area contributed by atoms with Crippen molar-refractivity contribution in [2.45, 2.75) is 19.6 Å². The second kappa shape index (κ2) is 10.5. The molecule has 1 aliphatic heterocycles. The first-order valence-electron chi connectivity index (χ1n) is 11.7. The Morgan fingerprint density at radius 2 is 1.81 bits per heavy atom. The average Bonchev–Trinajstić information content (AvgIpc) is 3.26. The number of fused-ring (bicyclic) bond motifs is 1. The minimum atomic E-state index is -0.337. The molecule has 0 unspecified atom stereocenters. The van der Waals surface area contributed by atoms with Crippen LogP contribution in [-0.2, 0) is 26.6 Å². The van der Waals surface area contributed by atoms with Crippen molar-refractivity contribution in [3.63, 3.8) is 0 Å². The number of carbonyl (C=O) groups is 1. The number of hydrogen-bond donors (Lipinski definition) is 3. The molecule has 0 atom stereocenters. The van der Waals surface area contributed by atoms with Crippen LogP contribution in [0.4, 0.5) is 5.69 Å². The van der Waals surface area contributed by atoms with Gasteiger partial charge >= 0.3 is 0 Å². The minimum Gasteiger partial charge on any atom is -0.481 e. The first kappa shape index (κ1) is 25.2. The summed E-state index contributed by atoms with van der Waals surface area (Å²) in [4.78, 5) is 22.2. The van der Waals surface area contributed by atoms with Crippen molar-refractivity contribution in [2.24, 2.45) is 7.05 Å². The number of imidazole rings is 1. The molecule has 0 saturated heterocycles. The summed E-state index contributed by atoms with van der Waals surface area (Å²) in [6, 6.07) is 14.5. The number of aliphatic hydroxyl groups is 1. The van der Waals surface area contributed by atoms with Gasteiger partial charge in [-0.2, -0.15) is 0 Å². The quantitative estimate of drug-likeness (QED) is 0.325. The average molecular weight is 538 g/mol. The fraction of sp³-hybridized carbons (Fsp3) is 0.222. The third-order valence-corrected chi connectivity index (χ3v) is 7.26. The van der Waals surface area contributed by atoms with E-state index in [9.17, 15) is 9.90 Å². The van der Waals surface area contributed by atoms with Crippen LogP contribution in [-0.4, -0.2) is 39.2 Å². The fourth-order valence-electron chi connectivity index (χ4n) is 4.53. The zero-order valence-electron chi connectivity index (χ0n) is 20.3. The number of nitrogens with zero attached hydrogens (tertiary/aromatic N) is 3. The summed E-state index contributed by atoms with van der Waals surface area (Å²) in [5.41, 5.74) is 5.60. The van der Waals surface area contributed by atoms with Crippen LogP contribution in [0.15, 0.2) is 48.5 Å². The molecule has 3 N–H and O–H groups in total. The van der Waals surface area contributed by atoms with Gasteiger partial charge in [0.25, 0.3) is 5.91 Å². The van der Waals surface area contributed by atoms with Crippen LogP contribution >= 0.6 is 23.2 Å². The zero-order chi connectivity index (χ0) is 26.1. The molecule has 0 spiro atoms. The number of aliphatic hydroxyl groups excluding tert-OH is 1. The minimum absolute atomic E-state index is 0.184. The summed E-state index contributed by atoms with van der Waals surface area (Å²) >= 11 is 13.7. The molecule has 10 heteroatoms. The number of benzene rings is 2. The number of ether oxygens (including phenoxy) is 1. The standard InChI is InChI=1S/C27H25Cl2N5O3/c1-34-22-11-12-30-13-21(22)31-25(34)26(36)32-20-8-4-6-17(24(20)29)16-5-3-7-18(23(16)28)19-10-9-15(14-35)27(33-19)37-2/h3-10,30,35H,11-14H2,1-2H3,(H,32,36). The predicted octanol–water partition coefficient (Wildman–Crippen LogP) is 4.85. The van der Waals surface area contributed by atoms with Crippen LogP contribution in [0.3, 0.4) is 0 Å². The van der Waals surface area contributed by atoms with E-state index in [-0.39, 0.29) is 12.5 Å². The highest BCUT2D eigenvalue weighted by Gasteiger charge is 2.23. The van der Waals surface area contributed by atoms with E-state index >= 15 is 0 Å². The molecule has 190 valence electrons. The number of pyridine rings is 1. The van der Waals surface area contributed by atoms with Gasteiger partial charge in [0.15, 0.2) is 5.82 Å². The number of amides is 1. The number of anilines is 1. The molecule has 0 radical (unpaired) electrons. The van der Waals surface area contributed by atoms with Crippen LogP contribution in [0.5, 0.6) is 5.88 Å². The predicted molar refractivity (Wildman–Crippen MR) is 144 cm³/mol. The van der Waals surface area contributed by atoms with Crippen molar-refractivity contribution in [3.8, 4) is 28.3 Å². The molecule has 2 aromatic carbocycles. The lowest BCUT2D eigenvalue weighted by atomic mass is 10.00. The molecule has 0 bridgehead atoms. The molecule has 3 heterocycles. The van der Waals surface area contributed by atoms with Gasteiger partial charge in [0.1, 0.15) is 0 Å². The summed E-state index contributed by atoms with van der Waals surface area (Å²) in [7, 11) is 3.35. The zero-order valence-corrected chi connectivity index (χ0v) is 21.8. The molecule has 8 nitrogen and oxygen atoms in total. The van der Waals surface area contributed by atoms with Gasteiger partial charge in [0.2, 0.25) is 5.88 Å². The van der Waals surface area contributed by atoms with Crippen molar-refractivity contribution in [1.82, 2.24) is 19.9 Å². The monoisotopic (exact) mass is 537 g/mol. The molecule has 37 heavy (non-hydrogen) atoms. The highest BCUT2D eigenvalue weighted by atomic mass is 35.5. The summed E-state index contributed by atoms with van der Waals surface area (Å²) in [6.07, 6.45) is 0.820. The molecular formula is C27H25Cl2N5O3. The Labute approximate surface area is 224 Å². The van der Waals surface area contributed by atoms with Crippen molar-refractivity contribution < 1.29 is 14.6 Å². The third-order valence-electron chi connectivity index (χ3n) is 6.45. The molecule has 0 fully saturated rings. The summed E-state index contributed by atoms with van der Waals surface area (Å²) in [6.45, 7) is 1.32. The number of aromatic nitrogens is 3. The lowest BCUT2D eigenvalue weighted by Gasteiger charge is -2.15. The number of carbonyl (C=O) groups excluding carboxylic acids is 1. The molecule has 0 aliphatic carbocycles. The fourth-order valence-corrected chi connectivity index (χ4v) is 5.13. The first-order valence-corrected chi connectivity index (χ1v) is 12.5. The Hall–Kier alpha value is -3.43. The maximum absolute atomic E-state index is 13.1. The van der Waals surface area contributed by atoms with E-state index < -0.39 is 0 Å². The maximum atomic E-state index is 13.1. The topological polar surface area (TPSA) is 101 Å². The largest absolute Gasteiger partial charge is 0.481 e. The Bertz CT molecular complexity index is 1500. The lowest BCUT2D eigenvalue weighted by Crippen LogP contribution is -2.24. The van der Waals surface area contributed by atoms with Gasteiger partial charge in [-0.25, -0.2) is 9.97 Å². The summed E-state index contributed by atoms with van der Waals surface area (Å²) < 4.78 is 7.15. The molecule has 2 aromatic heterocycles. The van der Waals surface area contributed by atoms with E-state index in [0.29, 0.717) is 61.9 Å². The number of hydrogen-bond acceptors (Lipinski definition) is 6. The highest BCUT2D eigenvalue weighted by Crippen LogP contribution is 2.41. The lowest BCUT2D eigenvalue weighted by molar-refractivity contribution is 0.101. The van der Waals surface area contributed by atoms with Gasteiger partial charge in [-0.1, -0.05) is 53.5 Å². The molecule has 5 rings (SSSR count). The third kappa shape index (κ3) is 4.69. The van der Waals surface area contributed by atoms with Crippen molar-refractivity contribution >= 4 is 34.8 Å². The van der Waals surface area contributed by atoms with E-state index in [1.807, 2.05) is 41.9 Å². The van der Waals surface area contributed by atoms with E-state index in [0.717, 1.165) is 24.4 Å². The SMILES string of the molecule is COc1nc(-c2cccc(-c3cccc(NC(=O)c4nc5c(n4C)CCNC5)c3Cl)c2Cl)ccc1CO. The van der Waals surface area contributed by atoms with E-state index in [1.54, 1.807) is 18.2 Å². The highest BCUT2D eigenvalue weighted by molar-refractivity contribution is 6.39. The van der Waals surface area contributed by atoms with Crippen LogP contribution in [0.25, 0.3) is 22.4 Å². The van der Waals surface area contributed by atoms with Gasteiger partial charge in [-0.3, -0.25) is 4.79 Å². The number of nitrogens with one attached hydrogen (secondary N) is 2. The molecule has 0 saturated carbocycles. The summed E-state index contributed by atoms with van der Waals surface area (Å²) in [5.74, 6) is 0.327. The molecular weight excluding hydrogens is 513 g/mol. The van der Waals surface area contributed by atoms with Gasteiger partial charge in [0.05, 0.1) is 40.8 Å². The van der Waals surface area contributed by atoms with E-state index in [4.69, 9.17) is 27.9 Å². The Balaban J connectivity index is 1.48. The van der Waals surface area contributed by atoms with E-state index in [1.165, 1.54) is 7.11 Å². The Morgan fingerprint density at radius 1 is 1.08 bits per heavy atom. The number of methoxy groups -OCH3 is 1. The molecule has 1 amide bonds. The number of rotatable bonds is 6. The van der Waals surface area contributed by atoms with Crippen molar-refractivity contribution in [1.29, 1.82) is 0 Å². The first-order chi connectivity index (χ1) is 17.9. The molecule has 4 aromatic rings. The van der Waals surface area contributed by atoms with E-state index in [2.05, 4.69) is 20.6 Å². The van der Waals surface area contributed by atoms with Crippen LogP contribution < -0.4 is 15.4 Å². The Morgan fingerprint density at radius 3 is 2.54 bits per heavy atom. The maximum Gasteiger partial charge on any atom is 0.291 e. The van der Waals surface area contributed by atoms with Gasteiger partial charge < -0.3 is 25.0 Å². The van der Waals surface area contributed by atoms with Gasteiger partial charge in [-0.05, 0) is 18.2 Å². The van der Waals surface area contributed by atoms with Crippen molar-refractivity contribution in [2.75, 3.05) is 19.0 Å². The van der Waals surface area contributed by atoms with Crippen LogP contribution in [0.1, 0.15) is 27.6 Å².